The van der Waals surface area contributed by atoms with Gasteiger partial charge in [-0.15, -0.1) is 0 Å². The highest BCUT2D eigenvalue weighted by atomic mass is 32.1. The van der Waals surface area contributed by atoms with Crippen LogP contribution in [-0.4, -0.2) is 17.6 Å². The van der Waals surface area contributed by atoms with E-state index in [1.807, 2.05) is 16.8 Å². The Balaban J connectivity index is 2.36. The van der Waals surface area contributed by atoms with Gasteiger partial charge in [0.2, 0.25) is 11.7 Å². The minimum atomic E-state index is -0.438. The second-order valence-electron chi connectivity index (χ2n) is 4.63. The van der Waals surface area contributed by atoms with Crippen molar-refractivity contribution >= 4 is 17.3 Å². The fourth-order valence-electron chi connectivity index (χ4n) is 1.74. The number of carbonyl (C=O) groups excluding carboxylic acids is 1. The fourth-order valence-corrected chi connectivity index (χ4v) is 2.37. The Morgan fingerprint density at radius 2 is 2.32 bits per heavy atom. The molecule has 4 nitrogen and oxygen atoms in total. The maximum absolute atomic E-state index is 11.9. The lowest BCUT2D eigenvalue weighted by Gasteiger charge is -2.02. The number of hydrogen-bond acceptors (Lipinski definition) is 5. The number of rotatable bonds is 5. The van der Waals surface area contributed by atoms with Gasteiger partial charge in [0.05, 0.1) is 12.3 Å². The summed E-state index contributed by atoms with van der Waals surface area (Å²) in [5.41, 5.74) is 1.57. The van der Waals surface area contributed by atoms with Gasteiger partial charge in [0.1, 0.15) is 0 Å². The lowest BCUT2D eigenvalue weighted by atomic mass is 10.1. The van der Waals surface area contributed by atoms with Crippen LogP contribution in [0.1, 0.15) is 37.0 Å². The largest absolute Gasteiger partial charge is 0.460 e. The van der Waals surface area contributed by atoms with E-state index in [0.29, 0.717) is 30.5 Å². The lowest BCUT2D eigenvalue weighted by Crippen LogP contribution is -2.08. The van der Waals surface area contributed by atoms with E-state index in [2.05, 4.69) is 18.8 Å². The van der Waals surface area contributed by atoms with Crippen molar-refractivity contribution in [3.63, 3.8) is 0 Å². The summed E-state index contributed by atoms with van der Waals surface area (Å²) in [6, 6.07) is 1.92. The summed E-state index contributed by atoms with van der Waals surface area (Å²) in [6.45, 7) is 6.26. The first-order valence-electron chi connectivity index (χ1n) is 6.31. The summed E-state index contributed by atoms with van der Waals surface area (Å²) >= 11 is 1.57. The van der Waals surface area contributed by atoms with E-state index < -0.39 is 5.97 Å². The minimum Gasteiger partial charge on any atom is -0.460 e. The van der Waals surface area contributed by atoms with Crippen LogP contribution in [-0.2, 0) is 11.2 Å². The molecule has 0 aliphatic heterocycles. The van der Waals surface area contributed by atoms with Crippen molar-refractivity contribution in [3.8, 4) is 11.5 Å². The van der Waals surface area contributed by atoms with Crippen LogP contribution >= 0.6 is 11.3 Å². The van der Waals surface area contributed by atoms with Gasteiger partial charge in [-0.2, -0.15) is 11.3 Å². The Morgan fingerprint density at radius 1 is 1.53 bits per heavy atom. The molecule has 0 aliphatic rings. The van der Waals surface area contributed by atoms with Crippen molar-refractivity contribution < 1.29 is 13.9 Å². The Hall–Kier alpha value is -1.62. The smallest absolute Gasteiger partial charge is 0.376 e. The summed E-state index contributed by atoms with van der Waals surface area (Å²) in [5.74, 6) is 0.678. The topological polar surface area (TPSA) is 52.3 Å². The molecule has 0 fully saturated rings. The molecule has 0 aromatic carbocycles. The number of nitrogens with zero attached hydrogens (tertiary/aromatic N) is 1. The van der Waals surface area contributed by atoms with E-state index in [1.54, 1.807) is 18.3 Å². The Morgan fingerprint density at radius 3 is 2.89 bits per heavy atom. The van der Waals surface area contributed by atoms with E-state index in [1.165, 1.54) is 0 Å². The third kappa shape index (κ3) is 3.23. The van der Waals surface area contributed by atoms with Crippen LogP contribution in [0.15, 0.2) is 21.2 Å². The fraction of sp³-hybridized carbons (Fsp3) is 0.429. The molecule has 0 atom stereocenters. The minimum absolute atomic E-state index is 0.233. The molecular formula is C14H17NO3S. The highest BCUT2D eigenvalue weighted by molar-refractivity contribution is 7.08. The van der Waals surface area contributed by atoms with Gasteiger partial charge in [-0.25, -0.2) is 9.78 Å². The summed E-state index contributed by atoms with van der Waals surface area (Å²) < 4.78 is 10.6. The van der Waals surface area contributed by atoms with Crippen molar-refractivity contribution in [2.45, 2.75) is 27.2 Å². The SMILES string of the molecule is CCOC(=O)c1oc(-c2ccsc2)nc1CC(C)C. The second kappa shape index (κ2) is 6.02. The molecule has 0 saturated carbocycles. The molecule has 19 heavy (non-hydrogen) atoms. The molecule has 0 saturated heterocycles. The summed E-state index contributed by atoms with van der Waals surface area (Å²) in [4.78, 5) is 16.3. The number of ether oxygens (including phenoxy) is 1. The average Bonchev–Trinajstić information content (AvgIpc) is 2.96. The zero-order chi connectivity index (χ0) is 13.8. The van der Waals surface area contributed by atoms with Crippen molar-refractivity contribution in [2.75, 3.05) is 6.61 Å². The number of thiophene rings is 1. The molecule has 5 heteroatoms. The molecule has 2 aromatic rings. The molecule has 0 aliphatic carbocycles. The lowest BCUT2D eigenvalue weighted by molar-refractivity contribution is 0.0489. The zero-order valence-electron chi connectivity index (χ0n) is 11.3. The van der Waals surface area contributed by atoms with Gasteiger partial charge in [-0.3, -0.25) is 0 Å². The highest BCUT2D eigenvalue weighted by Crippen LogP contribution is 2.26. The van der Waals surface area contributed by atoms with Crippen LogP contribution in [0.4, 0.5) is 0 Å². The average molecular weight is 279 g/mol. The van der Waals surface area contributed by atoms with Crippen LogP contribution < -0.4 is 0 Å². The number of oxazole rings is 1. The first-order valence-corrected chi connectivity index (χ1v) is 7.25. The van der Waals surface area contributed by atoms with Gasteiger partial charge in [0.25, 0.3) is 0 Å². The van der Waals surface area contributed by atoms with Gasteiger partial charge >= 0.3 is 5.97 Å². The summed E-state index contributed by atoms with van der Waals surface area (Å²) in [6.07, 6.45) is 0.696. The van der Waals surface area contributed by atoms with Gasteiger partial charge in [0, 0.05) is 10.9 Å². The third-order valence-electron chi connectivity index (χ3n) is 2.53. The summed E-state index contributed by atoms with van der Waals surface area (Å²) in [7, 11) is 0. The second-order valence-corrected chi connectivity index (χ2v) is 5.41. The molecule has 2 heterocycles. The van der Waals surface area contributed by atoms with Crippen molar-refractivity contribution in [1.82, 2.24) is 4.98 Å². The van der Waals surface area contributed by atoms with E-state index in [9.17, 15) is 4.79 Å². The van der Waals surface area contributed by atoms with E-state index in [-0.39, 0.29) is 5.76 Å². The van der Waals surface area contributed by atoms with Crippen LogP contribution in [0.3, 0.4) is 0 Å². The van der Waals surface area contributed by atoms with Gasteiger partial charge in [-0.1, -0.05) is 13.8 Å². The van der Waals surface area contributed by atoms with Crippen LogP contribution in [0.2, 0.25) is 0 Å². The monoisotopic (exact) mass is 279 g/mol. The predicted molar refractivity (Wildman–Crippen MR) is 74.3 cm³/mol. The first kappa shape index (κ1) is 13.8. The maximum Gasteiger partial charge on any atom is 0.376 e. The summed E-state index contributed by atoms with van der Waals surface area (Å²) in [5, 5.41) is 3.89. The number of esters is 1. The Kier molecular flexibility index (Phi) is 4.37. The molecule has 0 spiro atoms. The molecule has 102 valence electrons. The molecule has 0 radical (unpaired) electrons. The van der Waals surface area contributed by atoms with Crippen LogP contribution in [0.5, 0.6) is 0 Å². The molecule has 0 unspecified atom stereocenters. The first-order chi connectivity index (χ1) is 9.11. The van der Waals surface area contributed by atoms with E-state index >= 15 is 0 Å². The Labute approximate surface area is 116 Å². The quantitative estimate of drug-likeness (QED) is 0.782. The molecule has 0 N–H and O–H groups in total. The molecule has 0 amide bonds. The standard InChI is InChI=1S/C14H17NO3S/c1-4-17-14(16)12-11(7-9(2)3)15-13(18-12)10-5-6-19-8-10/h5-6,8-9H,4,7H2,1-3H3. The molecular weight excluding hydrogens is 262 g/mol. The molecule has 2 aromatic heterocycles. The van der Waals surface area contributed by atoms with Crippen molar-refractivity contribution in [3.05, 3.63) is 28.3 Å². The Bertz CT molecular complexity index is 543. The normalized spacial score (nSPS) is 10.9. The van der Waals surface area contributed by atoms with Crippen LogP contribution in [0.25, 0.3) is 11.5 Å². The maximum atomic E-state index is 11.9. The van der Waals surface area contributed by atoms with Gasteiger partial charge < -0.3 is 9.15 Å². The van der Waals surface area contributed by atoms with Crippen molar-refractivity contribution in [1.29, 1.82) is 0 Å². The van der Waals surface area contributed by atoms with Crippen LogP contribution in [0, 0.1) is 5.92 Å². The van der Waals surface area contributed by atoms with Crippen molar-refractivity contribution in [2.24, 2.45) is 5.92 Å². The molecule has 2 rings (SSSR count). The number of aromatic nitrogens is 1. The number of hydrogen-bond donors (Lipinski definition) is 0. The van der Waals surface area contributed by atoms with Gasteiger partial charge in [0.15, 0.2) is 0 Å². The molecule has 0 bridgehead atoms. The highest BCUT2D eigenvalue weighted by Gasteiger charge is 2.22. The number of carbonyl (C=O) groups is 1. The zero-order valence-corrected chi connectivity index (χ0v) is 12.1. The van der Waals surface area contributed by atoms with E-state index in [0.717, 1.165) is 5.56 Å². The third-order valence-corrected chi connectivity index (χ3v) is 3.21. The van der Waals surface area contributed by atoms with E-state index in [4.69, 9.17) is 9.15 Å². The van der Waals surface area contributed by atoms with Gasteiger partial charge in [-0.05, 0) is 30.7 Å². The predicted octanol–water partition coefficient (Wildman–Crippen LogP) is 3.78.